The summed E-state index contributed by atoms with van der Waals surface area (Å²) >= 11 is 0. The topological polar surface area (TPSA) is 153 Å². The Balaban J connectivity index is 1.23. The average Bonchev–Trinajstić information content (AvgIpc) is 3.39. The highest BCUT2D eigenvalue weighted by Gasteiger charge is 2.49. The molecule has 4 atom stereocenters. The summed E-state index contributed by atoms with van der Waals surface area (Å²) < 4.78 is 35.0. The maximum atomic E-state index is 12.5. The Kier molecular flexibility index (Phi) is 5.92. The zero-order valence-electron chi connectivity index (χ0n) is 15.8. The van der Waals surface area contributed by atoms with Gasteiger partial charge >= 0.3 is 16.4 Å². The number of urea groups is 1. The lowest BCUT2D eigenvalue weighted by Gasteiger charge is -2.29. The van der Waals surface area contributed by atoms with E-state index >= 15 is 0 Å². The van der Waals surface area contributed by atoms with Crippen LogP contribution in [0.5, 0.6) is 0 Å². The first kappa shape index (κ1) is 20.7. The molecule has 0 aromatic rings. The van der Waals surface area contributed by atoms with Crippen LogP contribution in [0.3, 0.4) is 0 Å². The van der Waals surface area contributed by atoms with Crippen LogP contribution in [0, 0.1) is 0 Å². The van der Waals surface area contributed by atoms with Crippen molar-refractivity contribution in [3.63, 3.8) is 0 Å². The van der Waals surface area contributed by atoms with E-state index in [4.69, 9.17) is 9.39 Å². The molecule has 13 nitrogen and oxygen atoms in total. The minimum Gasteiger partial charge on any atom is -0.310 e. The second kappa shape index (κ2) is 8.29. The first-order valence-corrected chi connectivity index (χ1v) is 11.1. The molecular formula is C15H26N6O7S. The lowest BCUT2D eigenvalue weighted by atomic mass is 10.0. The fourth-order valence-corrected chi connectivity index (χ4v) is 4.80. The predicted octanol–water partition coefficient (Wildman–Crippen LogP) is -2.02. The number of hydrogen-bond acceptors (Lipinski definition) is 9. The summed E-state index contributed by atoms with van der Waals surface area (Å²) in [6.07, 6.45) is 2.74. The van der Waals surface area contributed by atoms with Crippen LogP contribution in [-0.2, 0) is 24.3 Å². The second-order valence-corrected chi connectivity index (χ2v) is 8.74. The molecule has 0 aromatic heterocycles. The van der Waals surface area contributed by atoms with Crippen LogP contribution >= 0.6 is 0 Å². The van der Waals surface area contributed by atoms with Crippen LogP contribution in [0.15, 0.2) is 0 Å². The van der Waals surface area contributed by atoms with Crippen molar-refractivity contribution in [1.82, 2.24) is 31.2 Å². The van der Waals surface area contributed by atoms with Crippen molar-refractivity contribution in [3.05, 3.63) is 0 Å². The number of rotatable bonds is 7. The van der Waals surface area contributed by atoms with E-state index < -0.39 is 34.4 Å². The highest BCUT2D eigenvalue weighted by molar-refractivity contribution is 7.80. The number of hydrogen-bond donors (Lipinski definition) is 4. The van der Waals surface area contributed by atoms with Gasteiger partial charge in [0.15, 0.2) is 0 Å². The molecule has 4 N–H and O–H groups in total. The summed E-state index contributed by atoms with van der Waals surface area (Å²) in [5.41, 5.74) is 5.75. The number of hydrazine groups is 1. The molecule has 4 rings (SSSR count). The number of fused-ring (bicyclic) bond motifs is 2. The molecule has 4 fully saturated rings. The van der Waals surface area contributed by atoms with Gasteiger partial charge in [-0.1, -0.05) is 0 Å². The number of carbonyl (C=O) groups excluding carboxylic acids is 2. The van der Waals surface area contributed by atoms with Gasteiger partial charge in [0.1, 0.15) is 6.04 Å². The van der Waals surface area contributed by atoms with Crippen molar-refractivity contribution >= 4 is 22.3 Å². The molecule has 14 heteroatoms. The lowest BCUT2D eigenvalue weighted by molar-refractivity contribution is -0.139. The van der Waals surface area contributed by atoms with Gasteiger partial charge in [0, 0.05) is 38.3 Å². The van der Waals surface area contributed by atoms with Crippen molar-refractivity contribution in [3.8, 4) is 0 Å². The molecule has 4 aliphatic heterocycles. The summed E-state index contributed by atoms with van der Waals surface area (Å²) in [6.45, 7) is 3.32. The number of amides is 3. The van der Waals surface area contributed by atoms with Gasteiger partial charge in [-0.3, -0.25) is 19.6 Å². The Morgan fingerprint density at radius 3 is 2.86 bits per heavy atom. The van der Waals surface area contributed by atoms with Crippen molar-refractivity contribution < 1.29 is 31.7 Å². The standard InChI is InChI=1S/C15H26N6O7S/c22-14(18-27-9-10-6-12(7-16-10)20-5-1-4-17-20)13-3-2-11-8-19(13)15(23)21(11)28-29(24,25)26/h10-13,16-17H,1-9H2,(H,18,22)(H,24,25,26)/t10-,11?,12-,13?/m1/s1. The van der Waals surface area contributed by atoms with Gasteiger partial charge in [0.2, 0.25) is 0 Å². The minimum absolute atomic E-state index is 0.116. The largest absolute Gasteiger partial charge is 0.418 e. The monoisotopic (exact) mass is 434 g/mol. The molecule has 164 valence electrons. The van der Waals surface area contributed by atoms with Crippen molar-refractivity contribution in [2.24, 2.45) is 0 Å². The van der Waals surface area contributed by atoms with Gasteiger partial charge in [-0.05, 0) is 25.7 Å². The molecule has 4 heterocycles. The summed E-state index contributed by atoms with van der Waals surface area (Å²) in [5.74, 6) is -0.471. The van der Waals surface area contributed by atoms with Gasteiger partial charge in [-0.2, -0.15) is 13.5 Å². The lowest BCUT2D eigenvalue weighted by Crippen LogP contribution is -2.50. The van der Waals surface area contributed by atoms with Crippen LogP contribution in [0.1, 0.15) is 25.7 Å². The molecule has 29 heavy (non-hydrogen) atoms. The number of nitrogens with zero attached hydrogens (tertiary/aromatic N) is 3. The smallest absolute Gasteiger partial charge is 0.310 e. The van der Waals surface area contributed by atoms with E-state index in [2.05, 4.69) is 25.5 Å². The zero-order chi connectivity index (χ0) is 20.6. The summed E-state index contributed by atoms with van der Waals surface area (Å²) in [7, 11) is -4.81. The molecule has 2 bridgehead atoms. The summed E-state index contributed by atoms with van der Waals surface area (Å²) in [6, 6.07) is -1.58. The molecule has 2 unspecified atom stereocenters. The Bertz CT molecular complexity index is 745. The molecule has 3 amide bonds. The Morgan fingerprint density at radius 1 is 1.31 bits per heavy atom. The Hall–Kier alpha value is -1.55. The number of piperidine rings is 1. The van der Waals surface area contributed by atoms with Crippen LogP contribution in [0.25, 0.3) is 0 Å². The van der Waals surface area contributed by atoms with E-state index in [1.165, 1.54) is 4.90 Å². The molecule has 4 aliphatic rings. The molecule has 0 aromatic carbocycles. The van der Waals surface area contributed by atoms with E-state index in [9.17, 15) is 18.0 Å². The van der Waals surface area contributed by atoms with Crippen molar-refractivity contribution in [1.29, 1.82) is 0 Å². The molecule has 0 aliphatic carbocycles. The fourth-order valence-electron chi connectivity index (χ4n) is 4.41. The normalized spacial score (nSPS) is 32.9. The molecule has 0 saturated carbocycles. The SMILES string of the molecule is O=C(NOC[C@H]1C[C@@H](N2CCCN2)CN1)C1CCC2CN1C(=O)N2OS(=O)(=O)O. The van der Waals surface area contributed by atoms with E-state index in [1.807, 2.05) is 0 Å². The highest BCUT2D eigenvalue weighted by Crippen LogP contribution is 2.30. The Labute approximate surface area is 168 Å². The molecular weight excluding hydrogens is 408 g/mol. The van der Waals surface area contributed by atoms with E-state index in [-0.39, 0.29) is 12.6 Å². The molecule has 0 spiro atoms. The van der Waals surface area contributed by atoms with Gasteiger partial charge in [0.05, 0.1) is 12.6 Å². The van der Waals surface area contributed by atoms with Crippen molar-refractivity contribution in [2.75, 3.05) is 32.8 Å². The van der Waals surface area contributed by atoms with Crippen molar-refractivity contribution in [2.45, 2.75) is 49.9 Å². The van der Waals surface area contributed by atoms with Crippen LogP contribution in [-0.4, -0.2) is 96.8 Å². The van der Waals surface area contributed by atoms with E-state index in [0.29, 0.717) is 30.6 Å². The third-order valence-corrected chi connectivity index (χ3v) is 6.14. The first-order chi connectivity index (χ1) is 13.8. The van der Waals surface area contributed by atoms with Gasteiger partial charge in [-0.15, -0.1) is 4.28 Å². The number of nitrogens with one attached hydrogen (secondary N) is 3. The van der Waals surface area contributed by atoms with Crippen LogP contribution in [0.4, 0.5) is 4.79 Å². The molecule has 4 saturated heterocycles. The van der Waals surface area contributed by atoms with E-state index in [1.54, 1.807) is 0 Å². The third kappa shape index (κ3) is 4.63. The first-order valence-electron chi connectivity index (χ1n) is 9.74. The summed E-state index contributed by atoms with van der Waals surface area (Å²) in [5, 5.41) is 6.22. The predicted molar refractivity (Wildman–Crippen MR) is 97.0 cm³/mol. The summed E-state index contributed by atoms with van der Waals surface area (Å²) in [4.78, 5) is 31.4. The maximum absolute atomic E-state index is 12.5. The maximum Gasteiger partial charge on any atom is 0.418 e. The average molecular weight is 434 g/mol. The molecule has 0 radical (unpaired) electrons. The minimum atomic E-state index is -4.81. The second-order valence-electron chi connectivity index (χ2n) is 7.74. The fraction of sp³-hybridized carbons (Fsp3) is 0.867. The Morgan fingerprint density at radius 2 is 2.14 bits per heavy atom. The number of hydroxylamine groups is 3. The van der Waals surface area contributed by atoms with E-state index in [0.717, 1.165) is 32.5 Å². The van der Waals surface area contributed by atoms with Gasteiger partial charge in [-0.25, -0.2) is 15.3 Å². The van der Waals surface area contributed by atoms with Crippen LogP contribution in [0.2, 0.25) is 0 Å². The zero-order valence-corrected chi connectivity index (χ0v) is 16.6. The number of carbonyl (C=O) groups is 2. The highest BCUT2D eigenvalue weighted by atomic mass is 32.3. The van der Waals surface area contributed by atoms with Gasteiger partial charge < -0.3 is 10.2 Å². The third-order valence-electron chi connectivity index (χ3n) is 5.79. The quantitative estimate of drug-likeness (QED) is 0.261. The van der Waals surface area contributed by atoms with Gasteiger partial charge in [0.25, 0.3) is 5.91 Å². The van der Waals surface area contributed by atoms with Crippen LogP contribution < -0.4 is 16.2 Å².